The molecule has 0 spiro atoms. The molecule has 1 fully saturated rings. The molecule has 4 nitrogen and oxygen atoms in total. The highest BCUT2D eigenvalue weighted by Crippen LogP contribution is 2.12. The summed E-state index contributed by atoms with van der Waals surface area (Å²) in [7, 11) is 0. The molecular weight excluding hydrogens is 168 g/mol. The molecule has 2 amide bonds. The van der Waals surface area contributed by atoms with E-state index in [1.54, 1.807) is 11.8 Å². The van der Waals surface area contributed by atoms with Crippen molar-refractivity contribution in [3.05, 3.63) is 0 Å². The maximum atomic E-state index is 11.3. The van der Waals surface area contributed by atoms with Crippen LogP contribution in [0.5, 0.6) is 0 Å². The predicted molar refractivity (Wildman–Crippen MR) is 50.5 cm³/mol. The predicted octanol–water partition coefficient (Wildman–Crippen LogP) is 0.563. The van der Waals surface area contributed by atoms with Gasteiger partial charge < -0.3 is 15.3 Å². The first kappa shape index (κ1) is 10.3. The third-order valence-corrected chi connectivity index (χ3v) is 2.46. The Morgan fingerprint density at radius 1 is 1.69 bits per heavy atom. The van der Waals surface area contributed by atoms with E-state index < -0.39 is 5.60 Å². The smallest absolute Gasteiger partial charge is 0.317 e. The Balaban J connectivity index is 2.47. The summed E-state index contributed by atoms with van der Waals surface area (Å²) in [5.74, 6) is 0. The molecule has 76 valence electrons. The monoisotopic (exact) mass is 186 g/mol. The van der Waals surface area contributed by atoms with Crippen LogP contribution in [0.1, 0.15) is 26.7 Å². The lowest BCUT2D eigenvalue weighted by molar-refractivity contribution is 0.0239. The molecule has 4 heteroatoms. The molecule has 0 saturated carbocycles. The maximum Gasteiger partial charge on any atom is 0.317 e. The average Bonchev–Trinajstić information content (AvgIpc) is 2.09. The summed E-state index contributed by atoms with van der Waals surface area (Å²) in [6.07, 6.45) is 1.63. The molecule has 0 aromatic heterocycles. The minimum absolute atomic E-state index is 0.0556. The van der Waals surface area contributed by atoms with Crippen LogP contribution in [-0.2, 0) is 0 Å². The second-order valence-electron chi connectivity index (χ2n) is 3.86. The molecule has 1 heterocycles. The molecule has 1 rings (SSSR count). The molecule has 13 heavy (non-hydrogen) atoms. The van der Waals surface area contributed by atoms with Crippen LogP contribution in [-0.4, -0.2) is 41.3 Å². The first-order valence-corrected chi connectivity index (χ1v) is 4.80. The quantitative estimate of drug-likeness (QED) is 0.676. The first-order valence-electron chi connectivity index (χ1n) is 4.80. The van der Waals surface area contributed by atoms with Gasteiger partial charge in [-0.15, -0.1) is 0 Å². The number of rotatable bonds is 3. The summed E-state index contributed by atoms with van der Waals surface area (Å²) in [6.45, 7) is 5.61. The molecule has 0 aliphatic carbocycles. The molecule has 1 aliphatic heterocycles. The van der Waals surface area contributed by atoms with Crippen LogP contribution in [0.3, 0.4) is 0 Å². The van der Waals surface area contributed by atoms with Crippen LogP contribution in [0.25, 0.3) is 0 Å². The van der Waals surface area contributed by atoms with Crippen molar-refractivity contribution < 1.29 is 9.90 Å². The Bertz CT molecular complexity index is 192. The molecule has 1 unspecified atom stereocenters. The fraction of sp³-hybridized carbons (Fsp3) is 0.889. The molecule has 1 aliphatic rings. The highest BCUT2D eigenvalue weighted by Gasteiger charge is 2.26. The van der Waals surface area contributed by atoms with Crippen molar-refractivity contribution in [3.8, 4) is 0 Å². The lowest BCUT2D eigenvalue weighted by atomic mass is 10.0. The second kappa shape index (κ2) is 3.96. The van der Waals surface area contributed by atoms with Crippen molar-refractivity contribution in [3.63, 3.8) is 0 Å². The summed E-state index contributed by atoms with van der Waals surface area (Å²) >= 11 is 0. The van der Waals surface area contributed by atoms with Gasteiger partial charge >= 0.3 is 6.03 Å². The normalized spacial score (nSPS) is 22.4. The minimum Gasteiger partial charge on any atom is -0.388 e. The van der Waals surface area contributed by atoms with Crippen molar-refractivity contribution >= 4 is 6.03 Å². The third-order valence-electron chi connectivity index (χ3n) is 2.46. The Kier molecular flexibility index (Phi) is 3.14. The van der Waals surface area contributed by atoms with E-state index in [2.05, 4.69) is 5.32 Å². The molecule has 1 saturated heterocycles. The van der Waals surface area contributed by atoms with Gasteiger partial charge in [-0.25, -0.2) is 4.79 Å². The van der Waals surface area contributed by atoms with E-state index in [-0.39, 0.29) is 6.03 Å². The Labute approximate surface area is 78.9 Å². The van der Waals surface area contributed by atoms with Gasteiger partial charge in [-0.2, -0.15) is 0 Å². The van der Waals surface area contributed by atoms with Gasteiger partial charge in [0.05, 0.1) is 12.1 Å². The van der Waals surface area contributed by atoms with E-state index in [0.717, 1.165) is 19.5 Å². The second-order valence-corrected chi connectivity index (χ2v) is 3.86. The third kappa shape index (κ3) is 2.88. The fourth-order valence-corrected chi connectivity index (χ4v) is 1.35. The standard InChI is InChI=1S/C9H18N2O2/c1-3-9(2,13)7-11-6-4-5-10-8(11)12/h13H,3-7H2,1-2H3,(H,10,12). The number of carbonyl (C=O) groups is 1. The Morgan fingerprint density at radius 3 is 2.92 bits per heavy atom. The zero-order valence-corrected chi connectivity index (χ0v) is 8.34. The van der Waals surface area contributed by atoms with Crippen LogP contribution < -0.4 is 5.32 Å². The van der Waals surface area contributed by atoms with E-state index in [0.29, 0.717) is 13.0 Å². The van der Waals surface area contributed by atoms with Gasteiger partial charge in [0.1, 0.15) is 0 Å². The topological polar surface area (TPSA) is 52.6 Å². The van der Waals surface area contributed by atoms with Crippen molar-refractivity contribution in [1.29, 1.82) is 0 Å². The van der Waals surface area contributed by atoms with Crippen molar-refractivity contribution in [1.82, 2.24) is 10.2 Å². The van der Waals surface area contributed by atoms with Crippen LogP contribution in [0.15, 0.2) is 0 Å². The SMILES string of the molecule is CCC(C)(O)CN1CCCNC1=O. The van der Waals surface area contributed by atoms with Crippen molar-refractivity contribution in [2.75, 3.05) is 19.6 Å². The van der Waals surface area contributed by atoms with Crippen molar-refractivity contribution in [2.45, 2.75) is 32.3 Å². The molecule has 1 atom stereocenters. The summed E-state index contributed by atoms with van der Waals surface area (Å²) < 4.78 is 0. The zero-order valence-electron chi connectivity index (χ0n) is 8.34. The van der Waals surface area contributed by atoms with Crippen LogP contribution >= 0.6 is 0 Å². The molecule has 2 N–H and O–H groups in total. The van der Waals surface area contributed by atoms with Gasteiger partial charge in [0, 0.05) is 13.1 Å². The number of β-amino-alcohol motifs (C(OH)–C–C–N with tert-alkyl or cyclic N) is 1. The number of carbonyl (C=O) groups excluding carboxylic acids is 1. The number of nitrogens with zero attached hydrogens (tertiary/aromatic N) is 1. The van der Waals surface area contributed by atoms with E-state index >= 15 is 0 Å². The fourth-order valence-electron chi connectivity index (χ4n) is 1.35. The summed E-state index contributed by atoms with van der Waals surface area (Å²) in [6, 6.07) is -0.0556. The Hall–Kier alpha value is -0.770. The van der Waals surface area contributed by atoms with E-state index in [9.17, 15) is 9.90 Å². The molecular formula is C9H18N2O2. The average molecular weight is 186 g/mol. The van der Waals surface area contributed by atoms with Gasteiger partial charge in [0.25, 0.3) is 0 Å². The first-order chi connectivity index (χ1) is 6.05. The minimum atomic E-state index is -0.755. The number of amides is 2. The van der Waals surface area contributed by atoms with Gasteiger partial charge in [-0.1, -0.05) is 6.92 Å². The van der Waals surface area contributed by atoms with Crippen LogP contribution in [0.2, 0.25) is 0 Å². The van der Waals surface area contributed by atoms with E-state index in [4.69, 9.17) is 0 Å². The van der Waals surface area contributed by atoms with Gasteiger partial charge in [-0.3, -0.25) is 0 Å². The summed E-state index contributed by atoms with van der Waals surface area (Å²) in [4.78, 5) is 13.0. The van der Waals surface area contributed by atoms with Crippen LogP contribution in [0.4, 0.5) is 4.79 Å². The number of aliphatic hydroxyl groups is 1. The summed E-state index contributed by atoms with van der Waals surface area (Å²) in [5, 5.41) is 12.5. The molecule has 0 aromatic rings. The lowest BCUT2D eigenvalue weighted by Crippen LogP contribution is -2.51. The lowest BCUT2D eigenvalue weighted by Gasteiger charge is -2.33. The van der Waals surface area contributed by atoms with Crippen LogP contribution in [0, 0.1) is 0 Å². The number of urea groups is 1. The molecule has 0 bridgehead atoms. The van der Waals surface area contributed by atoms with E-state index in [1.807, 2.05) is 6.92 Å². The molecule has 0 aromatic carbocycles. The molecule has 0 radical (unpaired) electrons. The van der Waals surface area contributed by atoms with Crippen molar-refractivity contribution in [2.24, 2.45) is 0 Å². The Morgan fingerprint density at radius 2 is 2.38 bits per heavy atom. The highest BCUT2D eigenvalue weighted by molar-refractivity contribution is 5.74. The summed E-state index contributed by atoms with van der Waals surface area (Å²) in [5.41, 5.74) is -0.755. The zero-order chi connectivity index (χ0) is 9.90. The number of hydrogen-bond acceptors (Lipinski definition) is 2. The number of nitrogens with one attached hydrogen (secondary N) is 1. The largest absolute Gasteiger partial charge is 0.388 e. The van der Waals surface area contributed by atoms with E-state index in [1.165, 1.54) is 0 Å². The maximum absolute atomic E-state index is 11.3. The number of hydrogen-bond donors (Lipinski definition) is 2. The van der Waals surface area contributed by atoms with Gasteiger partial charge in [0.2, 0.25) is 0 Å². The highest BCUT2D eigenvalue weighted by atomic mass is 16.3. The van der Waals surface area contributed by atoms with Gasteiger partial charge in [0.15, 0.2) is 0 Å². The van der Waals surface area contributed by atoms with Gasteiger partial charge in [-0.05, 0) is 19.8 Å².